The van der Waals surface area contributed by atoms with Gasteiger partial charge in [-0.1, -0.05) is 30.3 Å². The summed E-state index contributed by atoms with van der Waals surface area (Å²) in [4.78, 5) is 50.6. The van der Waals surface area contributed by atoms with Crippen LogP contribution in [-0.2, 0) is 9.59 Å². The molecular weight excluding hydrogens is 582 g/mol. The number of benzene rings is 4. The lowest BCUT2D eigenvalue weighted by atomic mass is 10.1. The van der Waals surface area contributed by atoms with Crippen molar-refractivity contribution in [2.75, 3.05) is 30.6 Å². The molecule has 44 heavy (non-hydrogen) atoms. The van der Waals surface area contributed by atoms with Crippen LogP contribution in [0.15, 0.2) is 108 Å². The lowest BCUT2D eigenvalue weighted by Crippen LogP contribution is -2.30. The summed E-state index contributed by atoms with van der Waals surface area (Å²) in [5.41, 5.74) is 2.03. The summed E-state index contributed by atoms with van der Waals surface area (Å²) in [6, 6.07) is 26.4. The molecule has 0 saturated carbocycles. The molecule has 4 N–H and O–H groups in total. The van der Waals surface area contributed by atoms with E-state index in [1.165, 1.54) is 56.3 Å². The van der Waals surface area contributed by atoms with Crippen molar-refractivity contribution in [2.24, 2.45) is 0 Å². The fourth-order valence-corrected chi connectivity index (χ4v) is 4.71. The highest BCUT2D eigenvalue weighted by Crippen LogP contribution is 2.28. The van der Waals surface area contributed by atoms with Crippen molar-refractivity contribution in [3.8, 4) is 11.5 Å². The average molecular weight is 612 g/mol. The Kier molecular flexibility index (Phi) is 10.8. The molecule has 0 aliphatic heterocycles. The first kappa shape index (κ1) is 31.4. The van der Waals surface area contributed by atoms with Crippen LogP contribution in [0, 0.1) is 0 Å². The van der Waals surface area contributed by atoms with E-state index < -0.39 is 17.8 Å². The van der Waals surface area contributed by atoms with Gasteiger partial charge in [-0.2, -0.15) is 0 Å². The number of thioether (sulfide) groups is 1. The molecule has 0 aliphatic rings. The zero-order chi connectivity index (χ0) is 31.5. The first-order valence-corrected chi connectivity index (χ1v) is 14.2. The Labute approximate surface area is 258 Å². The van der Waals surface area contributed by atoms with Crippen LogP contribution in [0.1, 0.15) is 26.3 Å². The van der Waals surface area contributed by atoms with E-state index in [2.05, 4.69) is 16.0 Å². The van der Waals surface area contributed by atoms with Gasteiger partial charge in [0, 0.05) is 21.8 Å². The molecule has 4 aromatic rings. The number of methoxy groups -OCH3 is 2. The average Bonchev–Trinajstić information content (AvgIpc) is 3.04. The van der Waals surface area contributed by atoms with Crippen molar-refractivity contribution in [1.82, 2.24) is 5.32 Å². The van der Waals surface area contributed by atoms with Gasteiger partial charge in [0.25, 0.3) is 11.8 Å². The molecule has 0 saturated heterocycles. The number of carboxylic acids is 1. The van der Waals surface area contributed by atoms with Gasteiger partial charge in [0.1, 0.15) is 5.70 Å². The molecule has 10 nitrogen and oxygen atoms in total. The number of nitrogens with one attached hydrogen (secondary N) is 3. The Morgan fingerprint density at radius 3 is 2.16 bits per heavy atom. The number of carbonyl (C=O) groups excluding carboxylic acids is 3. The monoisotopic (exact) mass is 611 g/mol. The Bertz CT molecular complexity index is 1690. The molecular formula is C33H29N3O7S. The maximum atomic E-state index is 13.5. The summed E-state index contributed by atoms with van der Waals surface area (Å²) in [7, 11) is 3.02. The van der Waals surface area contributed by atoms with E-state index in [4.69, 9.17) is 14.6 Å². The maximum absolute atomic E-state index is 13.5. The molecule has 0 heterocycles. The van der Waals surface area contributed by atoms with Gasteiger partial charge in [0.05, 0.1) is 25.5 Å². The van der Waals surface area contributed by atoms with Crippen molar-refractivity contribution in [3.63, 3.8) is 0 Å². The highest BCUT2D eigenvalue weighted by molar-refractivity contribution is 8.00. The predicted molar refractivity (Wildman–Crippen MR) is 169 cm³/mol. The molecule has 0 fully saturated rings. The van der Waals surface area contributed by atoms with E-state index in [1.54, 1.807) is 72.8 Å². The third kappa shape index (κ3) is 8.73. The van der Waals surface area contributed by atoms with E-state index in [-0.39, 0.29) is 22.9 Å². The Morgan fingerprint density at radius 1 is 0.750 bits per heavy atom. The van der Waals surface area contributed by atoms with Crippen molar-refractivity contribution in [2.45, 2.75) is 4.90 Å². The molecule has 4 aromatic carbocycles. The highest BCUT2D eigenvalue weighted by atomic mass is 32.2. The summed E-state index contributed by atoms with van der Waals surface area (Å²) in [6.45, 7) is 0. The minimum absolute atomic E-state index is 0.00239. The minimum Gasteiger partial charge on any atom is -0.493 e. The topological polar surface area (TPSA) is 143 Å². The fourth-order valence-electron chi connectivity index (χ4n) is 3.96. The standard InChI is InChI=1S/C33H29N3O7S/c1-42-28-16-11-21(18-29(28)43-2)17-27(36-31(38)22-7-4-3-5-8-22)32(39)35-25-9-6-10-26(19-25)44-20-30(37)34-24-14-12-23(13-15-24)33(40)41/h3-19H,20H2,1-2H3,(H,34,37)(H,35,39)(H,36,38)(H,40,41)/b27-17+. The van der Waals surface area contributed by atoms with Crippen LogP contribution in [0.5, 0.6) is 11.5 Å². The van der Waals surface area contributed by atoms with Crippen molar-refractivity contribution in [1.29, 1.82) is 0 Å². The van der Waals surface area contributed by atoms with Crippen molar-refractivity contribution < 1.29 is 33.8 Å². The molecule has 0 unspecified atom stereocenters. The molecule has 3 amide bonds. The van der Waals surface area contributed by atoms with Gasteiger partial charge in [0.2, 0.25) is 5.91 Å². The molecule has 0 radical (unpaired) electrons. The number of ether oxygens (including phenoxy) is 2. The quantitative estimate of drug-likeness (QED) is 0.121. The summed E-state index contributed by atoms with van der Waals surface area (Å²) >= 11 is 1.26. The van der Waals surface area contributed by atoms with Crippen LogP contribution in [0.2, 0.25) is 0 Å². The zero-order valence-electron chi connectivity index (χ0n) is 23.8. The van der Waals surface area contributed by atoms with E-state index in [0.29, 0.717) is 34.0 Å². The molecule has 0 bridgehead atoms. The molecule has 0 aliphatic carbocycles. The van der Waals surface area contributed by atoms with Gasteiger partial charge in [-0.3, -0.25) is 14.4 Å². The normalized spacial score (nSPS) is 10.8. The van der Waals surface area contributed by atoms with E-state index in [9.17, 15) is 19.2 Å². The van der Waals surface area contributed by atoms with Gasteiger partial charge in [-0.15, -0.1) is 11.8 Å². The van der Waals surface area contributed by atoms with Crippen molar-refractivity contribution in [3.05, 3.63) is 119 Å². The molecule has 11 heteroatoms. The van der Waals surface area contributed by atoms with E-state index in [1.807, 2.05) is 0 Å². The van der Waals surface area contributed by atoms with Crippen LogP contribution < -0.4 is 25.4 Å². The zero-order valence-corrected chi connectivity index (χ0v) is 24.6. The second kappa shape index (κ2) is 15.1. The number of carbonyl (C=O) groups is 4. The molecule has 224 valence electrons. The van der Waals surface area contributed by atoms with Crippen LogP contribution in [0.25, 0.3) is 6.08 Å². The Hall–Kier alpha value is -5.55. The fraction of sp³-hybridized carbons (Fsp3) is 0.0909. The second-order valence-corrected chi connectivity index (χ2v) is 10.2. The van der Waals surface area contributed by atoms with Crippen LogP contribution in [-0.4, -0.2) is 48.8 Å². The molecule has 0 spiro atoms. The van der Waals surface area contributed by atoms with E-state index >= 15 is 0 Å². The van der Waals surface area contributed by atoms with Crippen LogP contribution in [0.3, 0.4) is 0 Å². The predicted octanol–water partition coefficient (Wildman–Crippen LogP) is 5.54. The summed E-state index contributed by atoms with van der Waals surface area (Å²) in [5.74, 6) is -1.29. The van der Waals surface area contributed by atoms with Gasteiger partial charge >= 0.3 is 5.97 Å². The second-order valence-electron chi connectivity index (χ2n) is 9.19. The number of carboxylic acid groups (broad SMARTS) is 1. The van der Waals surface area contributed by atoms with Gasteiger partial charge in [-0.25, -0.2) is 4.79 Å². The van der Waals surface area contributed by atoms with Crippen LogP contribution >= 0.6 is 11.8 Å². The number of amides is 3. The maximum Gasteiger partial charge on any atom is 0.335 e. The third-order valence-electron chi connectivity index (χ3n) is 6.12. The molecule has 0 aromatic heterocycles. The number of aromatic carboxylic acids is 1. The number of anilines is 2. The highest BCUT2D eigenvalue weighted by Gasteiger charge is 2.16. The lowest BCUT2D eigenvalue weighted by molar-refractivity contribution is -0.114. The van der Waals surface area contributed by atoms with Crippen molar-refractivity contribution >= 4 is 52.9 Å². The Morgan fingerprint density at radius 2 is 1.48 bits per heavy atom. The van der Waals surface area contributed by atoms with Gasteiger partial charge in [-0.05, 0) is 78.4 Å². The first-order valence-electron chi connectivity index (χ1n) is 13.2. The smallest absolute Gasteiger partial charge is 0.335 e. The summed E-state index contributed by atoms with van der Waals surface area (Å²) in [5, 5.41) is 17.3. The summed E-state index contributed by atoms with van der Waals surface area (Å²) in [6.07, 6.45) is 1.53. The molecule has 4 rings (SSSR count). The SMILES string of the molecule is COc1ccc(/C=C(/NC(=O)c2ccccc2)C(=O)Nc2cccc(SCC(=O)Nc3ccc(C(=O)O)cc3)c2)cc1OC. The number of rotatable bonds is 12. The minimum atomic E-state index is -1.05. The summed E-state index contributed by atoms with van der Waals surface area (Å²) < 4.78 is 10.7. The van der Waals surface area contributed by atoms with E-state index in [0.717, 1.165) is 4.90 Å². The third-order valence-corrected chi connectivity index (χ3v) is 7.12. The Balaban J connectivity index is 1.47. The largest absolute Gasteiger partial charge is 0.493 e. The van der Waals surface area contributed by atoms with Gasteiger partial charge in [0.15, 0.2) is 11.5 Å². The molecule has 0 atom stereocenters. The number of hydrogen-bond acceptors (Lipinski definition) is 7. The number of hydrogen-bond donors (Lipinski definition) is 4. The first-order chi connectivity index (χ1) is 21.2. The van der Waals surface area contributed by atoms with Gasteiger partial charge < -0.3 is 30.5 Å². The lowest BCUT2D eigenvalue weighted by Gasteiger charge is -2.13. The van der Waals surface area contributed by atoms with Crippen LogP contribution in [0.4, 0.5) is 11.4 Å².